The number of hydrogen-bond donors (Lipinski definition) is 1. The number of nitrogens with zero attached hydrogens (tertiary/aromatic N) is 2. The van der Waals surface area contributed by atoms with Gasteiger partial charge in [0.1, 0.15) is 0 Å². The summed E-state index contributed by atoms with van der Waals surface area (Å²) in [5, 5.41) is 0.533. The van der Waals surface area contributed by atoms with E-state index < -0.39 is 5.97 Å². The molecule has 0 saturated heterocycles. The highest BCUT2D eigenvalue weighted by Crippen LogP contribution is 2.25. The normalized spacial score (nSPS) is 15.2. The minimum Gasteiger partial charge on any atom is -0.402 e. The molecular weight excluding hydrogens is 368 g/mol. The van der Waals surface area contributed by atoms with Crippen LogP contribution in [0.4, 0.5) is 5.69 Å². The maximum Gasteiger partial charge on any atom is 0.363 e. The SMILES string of the molecule is CCN(CC)c1ccc(/C=C2\N=C(c3ccc(Cl)c(S)c3)OC2=O)cc1. The van der Waals surface area contributed by atoms with Crippen LogP contribution < -0.4 is 4.90 Å². The summed E-state index contributed by atoms with van der Waals surface area (Å²) < 4.78 is 5.28. The second-order valence-corrected chi connectivity index (χ2v) is 6.66. The Morgan fingerprint density at radius 1 is 1.15 bits per heavy atom. The fourth-order valence-electron chi connectivity index (χ4n) is 2.71. The van der Waals surface area contributed by atoms with Crippen LogP contribution in [0.25, 0.3) is 6.08 Å². The maximum absolute atomic E-state index is 12.1. The zero-order valence-corrected chi connectivity index (χ0v) is 16.2. The van der Waals surface area contributed by atoms with Crippen molar-refractivity contribution in [3.05, 3.63) is 64.3 Å². The number of aliphatic imine (C=N–C) groups is 1. The average molecular weight is 387 g/mol. The topological polar surface area (TPSA) is 41.9 Å². The molecule has 26 heavy (non-hydrogen) atoms. The van der Waals surface area contributed by atoms with Crippen molar-refractivity contribution in [2.75, 3.05) is 18.0 Å². The van der Waals surface area contributed by atoms with Gasteiger partial charge in [0.15, 0.2) is 5.70 Å². The molecule has 0 atom stereocenters. The highest BCUT2D eigenvalue weighted by molar-refractivity contribution is 7.80. The standard InChI is InChI=1S/C20H19ClN2O2S/c1-3-23(4-2)15-8-5-13(6-9-15)11-17-20(24)25-19(22-17)14-7-10-16(21)18(26)12-14/h5-12,26H,3-4H2,1-2H3/b17-11-. The van der Waals surface area contributed by atoms with Gasteiger partial charge < -0.3 is 9.64 Å². The molecule has 3 rings (SSSR count). The summed E-state index contributed by atoms with van der Waals surface area (Å²) in [7, 11) is 0. The highest BCUT2D eigenvalue weighted by atomic mass is 35.5. The minimum absolute atomic E-state index is 0.257. The molecule has 0 aliphatic carbocycles. The Morgan fingerprint density at radius 3 is 2.46 bits per heavy atom. The maximum atomic E-state index is 12.1. The van der Waals surface area contributed by atoms with Gasteiger partial charge in [0.2, 0.25) is 5.90 Å². The van der Waals surface area contributed by atoms with Crippen molar-refractivity contribution < 1.29 is 9.53 Å². The van der Waals surface area contributed by atoms with E-state index in [4.69, 9.17) is 16.3 Å². The first-order chi connectivity index (χ1) is 12.5. The van der Waals surface area contributed by atoms with Crippen molar-refractivity contribution in [3.8, 4) is 0 Å². The van der Waals surface area contributed by atoms with Gasteiger partial charge in [-0.3, -0.25) is 0 Å². The lowest BCUT2D eigenvalue weighted by Crippen LogP contribution is -2.21. The van der Waals surface area contributed by atoms with Gasteiger partial charge in [-0.1, -0.05) is 23.7 Å². The average Bonchev–Trinajstić information content (AvgIpc) is 3.00. The van der Waals surface area contributed by atoms with Crippen LogP contribution >= 0.6 is 24.2 Å². The van der Waals surface area contributed by atoms with Crippen LogP contribution in [-0.2, 0) is 9.53 Å². The molecule has 4 nitrogen and oxygen atoms in total. The zero-order valence-electron chi connectivity index (χ0n) is 14.6. The first-order valence-corrected chi connectivity index (χ1v) is 9.20. The van der Waals surface area contributed by atoms with Crippen molar-refractivity contribution in [1.82, 2.24) is 0 Å². The van der Waals surface area contributed by atoms with Crippen molar-refractivity contribution in [3.63, 3.8) is 0 Å². The van der Waals surface area contributed by atoms with E-state index >= 15 is 0 Å². The molecule has 0 N–H and O–H groups in total. The first kappa shape index (κ1) is 18.5. The van der Waals surface area contributed by atoms with Gasteiger partial charge in [-0.2, -0.15) is 0 Å². The molecule has 0 fully saturated rings. The fraction of sp³-hybridized carbons (Fsp3) is 0.200. The number of anilines is 1. The summed E-state index contributed by atoms with van der Waals surface area (Å²) in [6.45, 7) is 6.14. The summed E-state index contributed by atoms with van der Waals surface area (Å²) in [5.74, 6) is -0.212. The number of carbonyl (C=O) groups excluding carboxylic acids is 1. The van der Waals surface area contributed by atoms with Gasteiger partial charge in [0.05, 0.1) is 5.02 Å². The third-order valence-corrected chi connectivity index (χ3v) is 4.97. The van der Waals surface area contributed by atoms with Crippen molar-refractivity contribution >= 4 is 47.9 Å². The van der Waals surface area contributed by atoms with Crippen LogP contribution in [0.2, 0.25) is 5.02 Å². The van der Waals surface area contributed by atoms with E-state index in [0.29, 0.717) is 15.5 Å². The molecule has 2 aromatic carbocycles. The molecule has 134 valence electrons. The molecule has 1 heterocycles. The summed E-state index contributed by atoms with van der Waals surface area (Å²) in [5.41, 5.74) is 2.97. The Kier molecular flexibility index (Phi) is 5.69. The van der Waals surface area contributed by atoms with Crippen molar-refractivity contribution in [1.29, 1.82) is 0 Å². The second kappa shape index (κ2) is 7.98. The molecule has 1 aliphatic heterocycles. The molecule has 0 amide bonds. The number of benzene rings is 2. The summed E-state index contributed by atoms with van der Waals surface area (Å²) in [6, 6.07) is 13.2. The first-order valence-electron chi connectivity index (χ1n) is 8.38. The number of ether oxygens (including phenoxy) is 1. The van der Waals surface area contributed by atoms with Gasteiger partial charge in [-0.15, -0.1) is 12.6 Å². The Hall–Kier alpha value is -2.24. The lowest BCUT2D eigenvalue weighted by atomic mass is 10.1. The van der Waals surface area contributed by atoms with E-state index in [1.54, 1.807) is 24.3 Å². The Balaban J connectivity index is 1.85. The van der Waals surface area contributed by atoms with Crippen LogP contribution in [-0.4, -0.2) is 25.0 Å². The van der Waals surface area contributed by atoms with Crippen LogP contribution in [0.5, 0.6) is 0 Å². The highest BCUT2D eigenvalue weighted by Gasteiger charge is 2.24. The van der Waals surface area contributed by atoms with Crippen LogP contribution in [0.1, 0.15) is 25.0 Å². The quantitative estimate of drug-likeness (QED) is 0.455. The van der Waals surface area contributed by atoms with E-state index in [9.17, 15) is 4.79 Å². The molecule has 1 aliphatic rings. The number of thiol groups is 1. The van der Waals surface area contributed by atoms with Crippen molar-refractivity contribution in [2.24, 2.45) is 4.99 Å². The third-order valence-electron chi connectivity index (χ3n) is 4.14. The van der Waals surface area contributed by atoms with E-state index in [1.165, 1.54) is 0 Å². The number of carbonyl (C=O) groups is 1. The Bertz CT molecular complexity index is 887. The van der Waals surface area contributed by atoms with Gasteiger partial charge in [0.25, 0.3) is 0 Å². The molecule has 0 saturated carbocycles. The van der Waals surface area contributed by atoms with Gasteiger partial charge in [-0.25, -0.2) is 9.79 Å². The van der Waals surface area contributed by atoms with Crippen LogP contribution in [0, 0.1) is 0 Å². The van der Waals surface area contributed by atoms with Gasteiger partial charge in [0, 0.05) is 29.2 Å². The Morgan fingerprint density at radius 2 is 1.85 bits per heavy atom. The summed E-state index contributed by atoms with van der Waals surface area (Å²) in [4.78, 5) is 19.3. The number of cyclic esters (lactones) is 1. The van der Waals surface area contributed by atoms with E-state index in [0.717, 1.165) is 24.3 Å². The lowest BCUT2D eigenvalue weighted by Gasteiger charge is -2.20. The molecule has 0 spiro atoms. The monoisotopic (exact) mass is 386 g/mol. The van der Waals surface area contributed by atoms with Crippen molar-refractivity contribution in [2.45, 2.75) is 18.7 Å². The van der Waals surface area contributed by atoms with E-state index in [-0.39, 0.29) is 11.6 Å². The molecule has 0 aromatic heterocycles. The largest absolute Gasteiger partial charge is 0.402 e. The predicted molar refractivity (Wildman–Crippen MR) is 109 cm³/mol. The second-order valence-electron chi connectivity index (χ2n) is 5.77. The van der Waals surface area contributed by atoms with Crippen LogP contribution in [0.15, 0.2) is 58.0 Å². The fourth-order valence-corrected chi connectivity index (χ4v) is 3.04. The van der Waals surface area contributed by atoms with Gasteiger partial charge >= 0.3 is 5.97 Å². The number of hydrogen-bond acceptors (Lipinski definition) is 5. The van der Waals surface area contributed by atoms with Crippen LogP contribution in [0.3, 0.4) is 0 Å². The molecule has 0 bridgehead atoms. The summed E-state index contributed by atoms with van der Waals surface area (Å²) >= 11 is 10.3. The lowest BCUT2D eigenvalue weighted by molar-refractivity contribution is -0.129. The minimum atomic E-state index is -0.469. The van der Waals surface area contributed by atoms with Gasteiger partial charge in [-0.05, 0) is 55.8 Å². The Labute approximate surface area is 163 Å². The number of rotatable bonds is 5. The number of halogens is 1. The van der Waals surface area contributed by atoms with E-state index in [1.807, 2.05) is 24.3 Å². The predicted octanol–water partition coefficient (Wildman–Crippen LogP) is 4.82. The molecule has 0 radical (unpaired) electrons. The third kappa shape index (κ3) is 3.94. The zero-order chi connectivity index (χ0) is 18.7. The molecule has 6 heteroatoms. The molecule has 2 aromatic rings. The number of esters is 1. The molecule has 0 unspecified atom stereocenters. The molecular formula is C20H19ClN2O2S. The summed E-state index contributed by atoms with van der Waals surface area (Å²) in [6.07, 6.45) is 1.72. The smallest absolute Gasteiger partial charge is 0.363 e. The van der Waals surface area contributed by atoms with E-state index in [2.05, 4.69) is 36.4 Å².